The van der Waals surface area contributed by atoms with Crippen molar-refractivity contribution in [2.24, 2.45) is 0 Å². The summed E-state index contributed by atoms with van der Waals surface area (Å²) in [6.45, 7) is 12.9. The third-order valence-electron chi connectivity index (χ3n) is 3.92. The van der Waals surface area contributed by atoms with Crippen LogP contribution in [0.4, 0.5) is 0 Å². The van der Waals surface area contributed by atoms with Crippen LogP contribution in [0.1, 0.15) is 63.8 Å². The number of hydrogen-bond acceptors (Lipinski definition) is 0. The summed E-state index contributed by atoms with van der Waals surface area (Å²) >= 11 is 12.9. The van der Waals surface area contributed by atoms with Crippen molar-refractivity contribution in [3.63, 3.8) is 0 Å². The highest BCUT2D eigenvalue weighted by Crippen LogP contribution is 2.32. The Bertz CT molecular complexity index is 639. The van der Waals surface area contributed by atoms with E-state index in [0.29, 0.717) is 0 Å². The third-order valence-corrected chi connectivity index (χ3v) is 4.54. The fourth-order valence-electron chi connectivity index (χ4n) is 2.57. The van der Waals surface area contributed by atoms with Crippen molar-refractivity contribution in [1.82, 2.24) is 0 Å². The first-order chi connectivity index (χ1) is 10.5. The Kier molecular flexibility index (Phi) is 5.18. The molecule has 0 aliphatic carbocycles. The maximum Gasteiger partial charge on any atom is 0.0446 e. The Morgan fingerprint density at radius 1 is 0.739 bits per heavy atom. The average Bonchev–Trinajstić information content (AvgIpc) is 2.35. The molecule has 23 heavy (non-hydrogen) atoms. The van der Waals surface area contributed by atoms with Crippen LogP contribution < -0.4 is 0 Å². The van der Waals surface area contributed by atoms with Crippen molar-refractivity contribution in [1.29, 1.82) is 0 Å². The van der Waals surface area contributed by atoms with Gasteiger partial charge in [0, 0.05) is 10.0 Å². The molecule has 0 saturated carbocycles. The molecule has 2 aromatic rings. The van der Waals surface area contributed by atoms with Crippen LogP contribution in [-0.4, -0.2) is 0 Å². The highest BCUT2D eigenvalue weighted by Gasteiger charge is 2.19. The molecule has 0 heterocycles. The molecule has 0 fully saturated rings. The second kappa shape index (κ2) is 6.49. The van der Waals surface area contributed by atoms with Crippen LogP contribution in [-0.2, 0) is 17.3 Å². The fourth-order valence-corrected chi connectivity index (χ4v) is 3.51. The third kappa shape index (κ3) is 4.52. The van der Waals surface area contributed by atoms with Crippen molar-refractivity contribution < 1.29 is 0 Å². The Hall–Kier alpha value is -0.980. The van der Waals surface area contributed by atoms with E-state index in [0.717, 1.165) is 38.7 Å². The second-order valence-corrected chi connectivity index (χ2v) is 8.93. The molecular weight excluding hydrogens is 323 g/mol. The van der Waals surface area contributed by atoms with Gasteiger partial charge in [0.1, 0.15) is 0 Å². The number of rotatable bonds is 2. The van der Waals surface area contributed by atoms with Gasteiger partial charge >= 0.3 is 0 Å². The van der Waals surface area contributed by atoms with E-state index in [1.54, 1.807) is 0 Å². The van der Waals surface area contributed by atoms with E-state index >= 15 is 0 Å². The zero-order valence-corrected chi connectivity index (χ0v) is 16.3. The summed E-state index contributed by atoms with van der Waals surface area (Å²) in [6, 6.07) is 14.7. The van der Waals surface area contributed by atoms with Gasteiger partial charge in [-0.2, -0.15) is 0 Å². The smallest absolute Gasteiger partial charge is 0.0446 e. The minimum absolute atomic E-state index is 0.0237. The minimum Gasteiger partial charge on any atom is -0.0840 e. The molecule has 0 aliphatic heterocycles. The highest BCUT2D eigenvalue weighted by atomic mass is 35.5. The van der Waals surface area contributed by atoms with Gasteiger partial charge in [-0.25, -0.2) is 0 Å². The van der Waals surface area contributed by atoms with Gasteiger partial charge in [-0.1, -0.05) is 64.7 Å². The summed E-state index contributed by atoms with van der Waals surface area (Å²) in [5, 5.41) is 1.59. The van der Waals surface area contributed by atoms with Crippen molar-refractivity contribution in [3.8, 4) is 0 Å². The summed E-state index contributed by atoms with van der Waals surface area (Å²) in [6.07, 6.45) is 0.730. The largest absolute Gasteiger partial charge is 0.0840 e. The first kappa shape index (κ1) is 18.4. The second-order valence-electron chi connectivity index (χ2n) is 8.12. The maximum atomic E-state index is 6.44. The van der Waals surface area contributed by atoms with Gasteiger partial charge in [0.25, 0.3) is 0 Å². The van der Waals surface area contributed by atoms with E-state index in [-0.39, 0.29) is 10.8 Å². The number of halogens is 2. The molecule has 0 atom stereocenters. The summed E-state index contributed by atoms with van der Waals surface area (Å²) in [7, 11) is 0. The van der Waals surface area contributed by atoms with Crippen LogP contribution in [0.25, 0.3) is 0 Å². The van der Waals surface area contributed by atoms with Gasteiger partial charge in [0.05, 0.1) is 0 Å². The van der Waals surface area contributed by atoms with Gasteiger partial charge in [0.15, 0.2) is 0 Å². The quantitative estimate of drug-likeness (QED) is 0.562. The van der Waals surface area contributed by atoms with E-state index in [9.17, 15) is 0 Å². The predicted molar refractivity (Wildman–Crippen MR) is 101 cm³/mol. The number of benzene rings is 2. The molecule has 122 valence electrons. The molecule has 2 heteroatoms. The summed E-state index contributed by atoms with van der Waals surface area (Å²) < 4.78 is 0. The molecule has 0 nitrogen and oxygen atoms in total. The van der Waals surface area contributed by atoms with E-state index in [1.165, 1.54) is 0 Å². The lowest BCUT2D eigenvalue weighted by molar-refractivity contribution is 0.590. The van der Waals surface area contributed by atoms with Crippen molar-refractivity contribution >= 4 is 23.2 Å². The first-order valence-corrected chi connectivity index (χ1v) is 8.65. The van der Waals surface area contributed by atoms with Crippen LogP contribution >= 0.6 is 23.2 Å². The number of hydrogen-bond donors (Lipinski definition) is 0. The zero-order valence-electron chi connectivity index (χ0n) is 14.8. The van der Waals surface area contributed by atoms with Crippen LogP contribution in [0.3, 0.4) is 0 Å². The topological polar surface area (TPSA) is 0 Å². The monoisotopic (exact) mass is 346 g/mol. The molecule has 2 rings (SSSR count). The van der Waals surface area contributed by atoms with Crippen LogP contribution in [0.5, 0.6) is 0 Å². The summed E-state index contributed by atoms with van der Waals surface area (Å²) in [5.41, 5.74) is 4.39. The molecular formula is C21H24Cl2. The van der Waals surface area contributed by atoms with Gasteiger partial charge < -0.3 is 0 Å². The van der Waals surface area contributed by atoms with E-state index in [2.05, 4.69) is 53.7 Å². The molecule has 0 unspecified atom stereocenters. The van der Waals surface area contributed by atoms with E-state index < -0.39 is 0 Å². The van der Waals surface area contributed by atoms with Gasteiger partial charge in [-0.3, -0.25) is 0 Å². The maximum absolute atomic E-state index is 6.44. The lowest BCUT2D eigenvalue weighted by Gasteiger charge is -2.21. The summed E-state index contributed by atoms with van der Waals surface area (Å²) in [5.74, 6) is 0. The summed E-state index contributed by atoms with van der Waals surface area (Å²) in [4.78, 5) is 0. The molecule has 0 spiro atoms. The molecule has 0 aliphatic rings. The lowest BCUT2D eigenvalue weighted by atomic mass is 9.85. The van der Waals surface area contributed by atoms with Gasteiger partial charge in [-0.15, -0.1) is 0 Å². The zero-order chi connectivity index (χ0) is 17.4. The first-order valence-electron chi connectivity index (χ1n) is 7.89. The molecule has 2 aromatic carbocycles. The van der Waals surface area contributed by atoms with Crippen molar-refractivity contribution in [3.05, 3.63) is 68.7 Å². The standard InChI is InChI=1S/C21H24Cl2/c1-20(2,3)16-9-7-14(12-18(16)22)11-15-8-10-17(19(23)13-15)21(4,5)6/h9-10,12-13H,11H2,1-6H3. The minimum atomic E-state index is 0.0237. The lowest BCUT2D eigenvalue weighted by Crippen LogP contribution is -2.12. The van der Waals surface area contributed by atoms with Gasteiger partial charge in [0.2, 0.25) is 0 Å². The molecule has 0 N–H and O–H groups in total. The van der Waals surface area contributed by atoms with E-state index in [1.807, 2.05) is 24.3 Å². The van der Waals surface area contributed by atoms with Crippen molar-refractivity contribution in [2.75, 3.05) is 0 Å². The SMILES string of the molecule is CC(C)(C)c1c[c]c(Cc2[c]cc(C(C)(C)C)c(Cl)c2)cc1Cl. The fraction of sp³-hybridized carbons (Fsp3) is 0.429. The predicted octanol–water partition coefficient (Wildman–Crippen LogP) is 6.78. The normalized spacial score (nSPS) is 12.5. The van der Waals surface area contributed by atoms with Crippen LogP contribution in [0, 0.1) is 12.1 Å². The Morgan fingerprint density at radius 3 is 1.35 bits per heavy atom. The molecule has 0 amide bonds. The van der Waals surface area contributed by atoms with Crippen LogP contribution in [0.15, 0.2) is 24.3 Å². The molecule has 2 radical (unpaired) electrons. The Morgan fingerprint density at radius 2 is 1.09 bits per heavy atom. The van der Waals surface area contributed by atoms with Crippen LogP contribution in [0.2, 0.25) is 10.0 Å². The molecule has 0 saturated heterocycles. The molecule has 0 bridgehead atoms. The average molecular weight is 347 g/mol. The molecule has 0 aromatic heterocycles. The highest BCUT2D eigenvalue weighted by molar-refractivity contribution is 6.31. The Balaban J connectivity index is 2.27. The van der Waals surface area contributed by atoms with E-state index in [4.69, 9.17) is 23.2 Å². The van der Waals surface area contributed by atoms with Gasteiger partial charge in [-0.05, 0) is 75.9 Å². The van der Waals surface area contributed by atoms with Crippen molar-refractivity contribution in [2.45, 2.75) is 58.8 Å². The Labute approximate surface area is 150 Å².